The molecular weight excluding hydrogens is 449 g/mol. The summed E-state index contributed by atoms with van der Waals surface area (Å²) in [6.45, 7) is 2.08. The molecule has 1 aliphatic heterocycles. The minimum absolute atomic E-state index is 0.178. The molecule has 154 valence electrons. The van der Waals surface area contributed by atoms with Gasteiger partial charge in [-0.2, -0.15) is 0 Å². The summed E-state index contributed by atoms with van der Waals surface area (Å²) in [5.41, 5.74) is 2.49. The van der Waals surface area contributed by atoms with Crippen molar-refractivity contribution in [2.24, 2.45) is 0 Å². The van der Waals surface area contributed by atoms with Gasteiger partial charge >= 0.3 is 0 Å². The monoisotopic (exact) mass is 469 g/mol. The molecule has 1 fully saturated rings. The summed E-state index contributed by atoms with van der Waals surface area (Å²) in [4.78, 5) is 14.7. The lowest BCUT2D eigenvalue weighted by atomic mass is 9.91. The number of piperidine rings is 1. The van der Waals surface area contributed by atoms with E-state index in [1.807, 2.05) is 17.2 Å². The van der Waals surface area contributed by atoms with E-state index >= 15 is 0 Å². The Balaban J connectivity index is 1.21. The molecule has 1 amide bonds. The Morgan fingerprint density at radius 3 is 2.83 bits per heavy atom. The van der Waals surface area contributed by atoms with Gasteiger partial charge in [0.1, 0.15) is 5.82 Å². The van der Waals surface area contributed by atoms with E-state index in [9.17, 15) is 9.18 Å². The minimum atomic E-state index is -0.326. The molecule has 0 bridgehead atoms. The number of likely N-dealkylation sites (tertiary alicyclic amines) is 1. The molecular formula is C23H21BrFN3O2. The molecule has 0 N–H and O–H groups in total. The molecule has 7 heteroatoms. The van der Waals surface area contributed by atoms with Crippen LogP contribution < -0.4 is 0 Å². The van der Waals surface area contributed by atoms with E-state index in [0.717, 1.165) is 33.9 Å². The molecule has 0 saturated carbocycles. The van der Waals surface area contributed by atoms with Crippen LogP contribution in [0.5, 0.6) is 0 Å². The number of amides is 1. The molecule has 4 aromatic rings. The fourth-order valence-corrected chi connectivity index (χ4v) is 4.70. The molecule has 0 aliphatic carbocycles. The molecule has 5 rings (SSSR count). The molecule has 30 heavy (non-hydrogen) atoms. The third-order valence-electron chi connectivity index (χ3n) is 6.00. The number of fused-ring (bicyclic) bond motifs is 2. The second-order valence-corrected chi connectivity index (χ2v) is 8.74. The molecule has 0 unspecified atom stereocenters. The van der Waals surface area contributed by atoms with Crippen LogP contribution in [0.15, 0.2) is 57.7 Å². The van der Waals surface area contributed by atoms with Crippen molar-refractivity contribution in [2.45, 2.75) is 31.7 Å². The van der Waals surface area contributed by atoms with Crippen molar-refractivity contribution in [3.8, 4) is 0 Å². The number of rotatable bonds is 4. The zero-order chi connectivity index (χ0) is 20.7. The fourth-order valence-electron chi connectivity index (χ4n) is 4.35. The third-order valence-corrected chi connectivity index (χ3v) is 6.49. The maximum atomic E-state index is 13.4. The van der Waals surface area contributed by atoms with E-state index in [-0.39, 0.29) is 17.6 Å². The van der Waals surface area contributed by atoms with Gasteiger partial charge in [0.05, 0.1) is 5.69 Å². The Kier molecular flexibility index (Phi) is 5.06. The van der Waals surface area contributed by atoms with Crippen molar-refractivity contribution in [1.82, 2.24) is 14.6 Å². The van der Waals surface area contributed by atoms with Crippen LogP contribution in [0.2, 0.25) is 0 Å². The Bertz CT molecular complexity index is 1220. The minimum Gasteiger partial charge on any atom is -0.356 e. The predicted octanol–water partition coefficient (Wildman–Crippen LogP) is 5.48. The summed E-state index contributed by atoms with van der Waals surface area (Å²) in [6.07, 6.45) is 4.19. The topological polar surface area (TPSA) is 51.3 Å². The molecule has 5 nitrogen and oxygen atoms in total. The number of carbonyl (C=O) groups is 1. The summed E-state index contributed by atoms with van der Waals surface area (Å²) in [5.74, 6) is 0.0809. The highest BCUT2D eigenvalue weighted by molar-refractivity contribution is 9.10. The molecule has 0 radical (unpaired) electrons. The smallest absolute Gasteiger partial charge is 0.224 e. The Morgan fingerprint density at radius 1 is 1.17 bits per heavy atom. The summed E-state index contributed by atoms with van der Waals surface area (Å²) in [6, 6.07) is 12.8. The van der Waals surface area contributed by atoms with Gasteiger partial charge in [-0.25, -0.2) is 4.39 Å². The zero-order valence-electron chi connectivity index (χ0n) is 16.4. The normalized spacial score (nSPS) is 15.3. The first kappa shape index (κ1) is 19.3. The number of halogens is 2. The average Bonchev–Trinajstić information content (AvgIpc) is 3.35. The second kappa shape index (κ2) is 7.87. The van der Waals surface area contributed by atoms with Crippen LogP contribution in [0.1, 0.15) is 30.9 Å². The summed E-state index contributed by atoms with van der Waals surface area (Å²) < 4.78 is 21.8. The van der Waals surface area contributed by atoms with Crippen LogP contribution in [0.3, 0.4) is 0 Å². The number of hydrogen-bond donors (Lipinski definition) is 0. The van der Waals surface area contributed by atoms with Crippen LogP contribution in [0.4, 0.5) is 4.39 Å². The zero-order valence-corrected chi connectivity index (χ0v) is 17.9. The third kappa shape index (κ3) is 3.62. The highest BCUT2D eigenvalue weighted by Crippen LogP contribution is 2.33. The van der Waals surface area contributed by atoms with Gasteiger partial charge in [-0.3, -0.25) is 4.79 Å². The maximum Gasteiger partial charge on any atom is 0.224 e. The van der Waals surface area contributed by atoms with E-state index in [0.29, 0.717) is 31.6 Å². The van der Waals surface area contributed by atoms with Crippen molar-refractivity contribution in [2.75, 3.05) is 13.1 Å². The highest BCUT2D eigenvalue weighted by Gasteiger charge is 2.27. The number of nitrogens with zero attached hydrogens (tertiary/aromatic N) is 3. The van der Waals surface area contributed by atoms with Crippen LogP contribution in [-0.4, -0.2) is 33.6 Å². The van der Waals surface area contributed by atoms with Gasteiger partial charge in [0.15, 0.2) is 5.58 Å². The van der Waals surface area contributed by atoms with Crippen LogP contribution in [0, 0.1) is 5.82 Å². The Morgan fingerprint density at radius 2 is 2.00 bits per heavy atom. The van der Waals surface area contributed by atoms with Gasteiger partial charge in [0, 0.05) is 59.6 Å². The quantitative estimate of drug-likeness (QED) is 0.397. The fraction of sp³-hybridized carbons (Fsp3) is 0.304. The maximum absolute atomic E-state index is 13.4. The molecule has 2 aromatic heterocycles. The van der Waals surface area contributed by atoms with Crippen molar-refractivity contribution in [3.63, 3.8) is 0 Å². The summed E-state index contributed by atoms with van der Waals surface area (Å²) >= 11 is 3.52. The number of carbonyl (C=O) groups excluding carboxylic acids is 1. The van der Waals surface area contributed by atoms with Crippen molar-refractivity contribution < 1.29 is 13.7 Å². The van der Waals surface area contributed by atoms with Gasteiger partial charge in [-0.15, -0.1) is 0 Å². The van der Waals surface area contributed by atoms with Crippen molar-refractivity contribution in [1.29, 1.82) is 0 Å². The van der Waals surface area contributed by atoms with Crippen molar-refractivity contribution >= 4 is 43.7 Å². The molecule has 0 atom stereocenters. The van der Waals surface area contributed by atoms with Gasteiger partial charge < -0.3 is 14.0 Å². The summed E-state index contributed by atoms with van der Waals surface area (Å²) in [5, 5.41) is 6.22. The van der Waals surface area contributed by atoms with E-state index in [4.69, 9.17) is 4.52 Å². The van der Waals surface area contributed by atoms with Gasteiger partial charge in [-0.1, -0.05) is 27.2 Å². The Hall–Kier alpha value is -2.67. The molecule has 1 aliphatic rings. The van der Waals surface area contributed by atoms with Crippen LogP contribution >= 0.6 is 15.9 Å². The van der Waals surface area contributed by atoms with Gasteiger partial charge in [-0.05, 0) is 48.6 Å². The predicted molar refractivity (Wildman–Crippen MR) is 117 cm³/mol. The Labute approximate surface area is 181 Å². The molecule has 3 heterocycles. The number of hydrogen-bond acceptors (Lipinski definition) is 3. The molecule has 0 spiro atoms. The molecule has 2 aromatic carbocycles. The standard InChI is InChI=1S/C23H21BrFN3O2/c24-17-2-1-15-5-9-27(20(15)13-17)12-8-22(29)28-10-6-16(7-11-28)23-19-4-3-18(25)14-21(19)30-26-23/h1-5,9,13-14,16H,6-8,10-12H2. The van der Waals surface area contributed by atoms with Crippen molar-refractivity contribution in [3.05, 3.63) is 64.6 Å². The SMILES string of the molecule is O=C(CCn1ccc2ccc(Br)cc21)N1CCC(c2noc3cc(F)ccc23)CC1. The van der Waals surface area contributed by atoms with E-state index in [1.165, 1.54) is 17.5 Å². The first-order valence-corrected chi connectivity index (χ1v) is 10.9. The number of aromatic nitrogens is 2. The summed E-state index contributed by atoms with van der Waals surface area (Å²) in [7, 11) is 0. The van der Waals surface area contributed by atoms with Gasteiger partial charge in [0.2, 0.25) is 5.91 Å². The highest BCUT2D eigenvalue weighted by atomic mass is 79.9. The number of aryl methyl sites for hydroxylation is 1. The van der Waals surface area contributed by atoms with E-state index in [2.05, 4.69) is 43.9 Å². The first-order chi connectivity index (χ1) is 14.6. The largest absolute Gasteiger partial charge is 0.356 e. The van der Waals surface area contributed by atoms with Crippen LogP contribution in [-0.2, 0) is 11.3 Å². The number of benzene rings is 2. The second-order valence-electron chi connectivity index (χ2n) is 7.83. The lowest BCUT2D eigenvalue weighted by molar-refractivity contribution is -0.132. The lowest BCUT2D eigenvalue weighted by Crippen LogP contribution is -2.38. The first-order valence-electron chi connectivity index (χ1n) is 10.2. The average molecular weight is 470 g/mol. The lowest BCUT2D eigenvalue weighted by Gasteiger charge is -2.31. The molecule has 1 saturated heterocycles. The van der Waals surface area contributed by atoms with Crippen LogP contribution in [0.25, 0.3) is 21.9 Å². The van der Waals surface area contributed by atoms with Gasteiger partial charge in [0.25, 0.3) is 0 Å². The van der Waals surface area contributed by atoms with E-state index < -0.39 is 0 Å². The van der Waals surface area contributed by atoms with E-state index in [1.54, 1.807) is 6.07 Å².